The number of rotatable bonds is 9. The maximum absolute atomic E-state index is 12.8. The summed E-state index contributed by atoms with van der Waals surface area (Å²) in [5, 5.41) is 52.2. The number of fused-ring (bicyclic) bond motifs is 1. The van der Waals surface area contributed by atoms with Crippen molar-refractivity contribution in [3.05, 3.63) is 51.9 Å². The van der Waals surface area contributed by atoms with Crippen molar-refractivity contribution in [1.29, 1.82) is 0 Å². The average Bonchev–Trinajstić information content (AvgIpc) is 2.89. The first kappa shape index (κ1) is 29.7. The second-order valence-electron chi connectivity index (χ2n) is 9.55. The van der Waals surface area contributed by atoms with E-state index in [1.54, 1.807) is 6.92 Å². The molecule has 0 bridgehead atoms. The third kappa shape index (κ3) is 6.07. The number of hydrogen-bond donors (Lipinski definition) is 5. The first-order chi connectivity index (χ1) is 17.8. The Hall–Kier alpha value is -2.84. The van der Waals surface area contributed by atoms with Gasteiger partial charge in [-0.3, -0.25) is 0 Å². The van der Waals surface area contributed by atoms with Gasteiger partial charge in [-0.25, -0.2) is 9.59 Å². The number of ether oxygens (including phenoxy) is 4. The van der Waals surface area contributed by atoms with Gasteiger partial charge < -0.3 is 48.9 Å². The molecule has 7 atom stereocenters. The molecule has 0 aliphatic carbocycles. The first-order valence-electron chi connectivity index (χ1n) is 12.0. The highest BCUT2D eigenvalue weighted by molar-refractivity contribution is 5.88. The van der Waals surface area contributed by atoms with E-state index in [0.717, 1.165) is 0 Å². The van der Waals surface area contributed by atoms with Crippen LogP contribution in [0.5, 0.6) is 5.75 Å². The molecule has 2 heterocycles. The van der Waals surface area contributed by atoms with Gasteiger partial charge in [-0.15, -0.1) is 0 Å². The molecule has 0 unspecified atom stereocenters. The lowest BCUT2D eigenvalue weighted by atomic mass is 9.90. The van der Waals surface area contributed by atoms with Crippen molar-refractivity contribution in [3.8, 4) is 5.75 Å². The molecule has 1 fully saturated rings. The van der Waals surface area contributed by atoms with Crippen molar-refractivity contribution in [3.63, 3.8) is 0 Å². The van der Waals surface area contributed by atoms with E-state index in [2.05, 4.69) is 0 Å². The number of aliphatic hydroxyl groups is 5. The zero-order valence-corrected chi connectivity index (χ0v) is 21.7. The molecule has 1 aromatic heterocycles. The number of hydrogen-bond acceptors (Lipinski definition) is 12. The van der Waals surface area contributed by atoms with E-state index < -0.39 is 66.7 Å². The molecule has 1 saturated heterocycles. The smallest absolute Gasteiger partial charge is 0.336 e. The fourth-order valence-electron chi connectivity index (χ4n) is 4.13. The minimum Gasteiger partial charge on any atom is -0.496 e. The Bertz CT molecular complexity index is 1220. The molecule has 1 aliphatic heterocycles. The Morgan fingerprint density at radius 3 is 2.45 bits per heavy atom. The van der Waals surface area contributed by atoms with Crippen LogP contribution in [0.15, 0.2) is 45.1 Å². The Labute approximate surface area is 218 Å². The van der Waals surface area contributed by atoms with Gasteiger partial charge in [0.25, 0.3) is 0 Å². The van der Waals surface area contributed by atoms with E-state index in [-0.39, 0.29) is 22.5 Å². The zero-order valence-electron chi connectivity index (χ0n) is 21.7. The normalized spacial score (nSPS) is 26.2. The second kappa shape index (κ2) is 11.9. The predicted molar refractivity (Wildman–Crippen MR) is 132 cm³/mol. The summed E-state index contributed by atoms with van der Waals surface area (Å²) in [4.78, 5) is 24.4. The summed E-state index contributed by atoms with van der Waals surface area (Å²) in [6, 6.07) is 5.63. The van der Waals surface area contributed by atoms with Gasteiger partial charge in [-0.2, -0.15) is 0 Å². The van der Waals surface area contributed by atoms with Crippen LogP contribution in [0.2, 0.25) is 0 Å². The number of esters is 1. The van der Waals surface area contributed by atoms with Crippen LogP contribution < -0.4 is 10.4 Å². The van der Waals surface area contributed by atoms with Gasteiger partial charge in [0.15, 0.2) is 12.4 Å². The fraction of sp³-hybridized carbons (Fsp3) is 0.538. The lowest BCUT2D eigenvalue weighted by Gasteiger charge is -2.45. The quantitative estimate of drug-likeness (QED) is 0.167. The van der Waals surface area contributed by atoms with E-state index in [1.165, 1.54) is 58.2 Å². The molecule has 12 nitrogen and oxygen atoms in total. The molecule has 0 radical (unpaired) electrons. The summed E-state index contributed by atoms with van der Waals surface area (Å²) in [7, 11) is 1.35. The van der Waals surface area contributed by atoms with Crippen molar-refractivity contribution in [2.45, 2.75) is 76.2 Å². The zero-order chi connectivity index (χ0) is 28.4. The van der Waals surface area contributed by atoms with Crippen LogP contribution >= 0.6 is 0 Å². The molecule has 210 valence electrons. The Morgan fingerprint density at radius 2 is 1.84 bits per heavy atom. The summed E-state index contributed by atoms with van der Waals surface area (Å²) in [5.41, 5.74) is -1.54. The van der Waals surface area contributed by atoms with E-state index in [0.29, 0.717) is 5.39 Å². The van der Waals surface area contributed by atoms with Crippen LogP contribution in [0.3, 0.4) is 0 Å². The van der Waals surface area contributed by atoms with E-state index in [1.807, 2.05) is 0 Å². The summed E-state index contributed by atoms with van der Waals surface area (Å²) < 4.78 is 27.7. The third-order valence-electron chi connectivity index (χ3n) is 6.52. The van der Waals surface area contributed by atoms with Gasteiger partial charge in [0.1, 0.15) is 47.5 Å². The van der Waals surface area contributed by atoms with Crippen LogP contribution in [-0.4, -0.2) is 87.6 Å². The number of aliphatic hydroxyl groups excluding tert-OH is 5. The molecule has 0 saturated carbocycles. The molecule has 38 heavy (non-hydrogen) atoms. The molecule has 1 aliphatic rings. The van der Waals surface area contributed by atoms with E-state index >= 15 is 0 Å². The minimum atomic E-state index is -1.73. The van der Waals surface area contributed by atoms with Gasteiger partial charge in [0.2, 0.25) is 0 Å². The van der Waals surface area contributed by atoms with Gasteiger partial charge >= 0.3 is 11.6 Å². The topological polar surface area (TPSA) is 185 Å². The highest BCUT2D eigenvalue weighted by Gasteiger charge is 2.49. The number of benzene rings is 1. The lowest BCUT2D eigenvalue weighted by Crippen LogP contribution is -2.61. The highest BCUT2D eigenvalue weighted by atomic mass is 16.7. The Balaban J connectivity index is 2.04. The molecule has 0 amide bonds. The first-order valence-corrected chi connectivity index (χ1v) is 12.0. The van der Waals surface area contributed by atoms with Crippen LogP contribution in [0.1, 0.15) is 39.4 Å². The number of carbonyl (C=O) groups excluding carboxylic acids is 1. The second-order valence-corrected chi connectivity index (χ2v) is 9.55. The van der Waals surface area contributed by atoms with Crippen molar-refractivity contribution >= 4 is 16.9 Å². The molecular weight excluding hydrogens is 504 g/mol. The Morgan fingerprint density at radius 1 is 1.16 bits per heavy atom. The van der Waals surface area contributed by atoms with E-state index in [9.17, 15) is 35.1 Å². The standard InChI is InChI=1S/C26H34O12/c1-6-12(2)24(33)37-23(26(3,4)38-25-22(32)21(31)20(30)17(11-27)36-25)19(29)14-9-13-7-8-18(28)35-15(13)10-16(14)34-5/h6-10,17,19-23,25,27,29-32H,11H2,1-5H3/b12-6-/t17-,19-,20-,21+,22-,23+,25+/m1/s1. The van der Waals surface area contributed by atoms with Crippen LogP contribution in [-0.2, 0) is 19.0 Å². The van der Waals surface area contributed by atoms with E-state index in [4.69, 9.17) is 23.4 Å². The van der Waals surface area contributed by atoms with Crippen LogP contribution in [0, 0.1) is 0 Å². The molecule has 5 N–H and O–H groups in total. The highest BCUT2D eigenvalue weighted by Crippen LogP contribution is 2.38. The fourth-order valence-corrected chi connectivity index (χ4v) is 4.13. The molecule has 2 aromatic rings. The monoisotopic (exact) mass is 538 g/mol. The number of carbonyl (C=O) groups is 1. The molecule has 0 spiro atoms. The van der Waals surface area contributed by atoms with Crippen molar-refractivity contribution in [2.24, 2.45) is 0 Å². The van der Waals surface area contributed by atoms with Crippen molar-refractivity contribution in [2.75, 3.05) is 13.7 Å². The van der Waals surface area contributed by atoms with Gasteiger partial charge in [0, 0.05) is 28.7 Å². The predicted octanol–water partition coefficient (Wildman–Crippen LogP) is 0.308. The number of methoxy groups -OCH3 is 1. The minimum absolute atomic E-state index is 0.131. The van der Waals surface area contributed by atoms with Gasteiger partial charge in [-0.1, -0.05) is 6.08 Å². The van der Waals surface area contributed by atoms with Crippen LogP contribution in [0.4, 0.5) is 0 Å². The van der Waals surface area contributed by atoms with Crippen LogP contribution in [0.25, 0.3) is 11.0 Å². The molecule has 3 rings (SSSR count). The largest absolute Gasteiger partial charge is 0.496 e. The van der Waals surface area contributed by atoms with Gasteiger partial charge in [-0.05, 0) is 39.8 Å². The maximum atomic E-state index is 12.8. The summed E-state index contributed by atoms with van der Waals surface area (Å²) >= 11 is 0. The van der Waals surface area contributed by atoms with Crippen molar-refractivity contribution in [1.82, 2.24) is 0 Å². The number of allylic oxidation sites excluding steroid dienone is 1. The van der Waals surface area contributed by atoms with Crippen molar-refractivity contribution < 1.29 is 53.7 Å². The Kier molecular flexibility index (Phi) is 9.31. The molecular formula is C26H34O12. The molecule has 12 heteroatoms. The lowest BCUT2D eigenvalue weighted by molar-refractivity contribution is -0.335. The summed E-state index contributed by atoms with van der Waals surface area (Å²) in [6.07, 6.45) is -9.32. The van der Waals surface area contributed by atoms with Gasteiger partial charge in [0.05, 0.1) is 13.7 Å². The average molecular weight is 539 g/mol. The molecule has 1 aromatic carbocycles. The summed E-state index contributed by atoms with van der Waals surface area (Å²) in [6.45, 7) is 5.42. The maximum Gasteiger partial charge on any atom is 0.336 e. The summed E-state index contributed by atoms with van der Waals surface area (Å²) in [5.74, 6) is -0.625. The SMILES string of the molecule is C/C=C(/C)C(=O)O[C@@H]([C@H](O)c1cc2ccc(=O)oc2cc1OC)C(C)(C)O[C@@H]1O[C@H](CO)[C@@H](O)[C@H](O)[C@H]1O. The third-order valence-corrected chi connectivity index (χ3v) is 6.52.